The fourth-order valence-corrected chi connectivity index (χ4v) is 3.07. The molecule has 76 valence electrons. The SMILES string of the molecule is Cl[C@@H]1c2nsnc2-c2ccccc2[C@@H]1Cl. The molecule has 15 heavy (non-hydrogen) atoms. The lowest BCUT2D eigenvalue weighted by Gasteiger charge is -2.23. The van der Waals surface area contributed by atoms with Crippen molar-refractivity contribution in [2.24, 2.45) is 0 Å². The number of hydrogen-bond donors (Lipinski definition) is 0. The Morgan fingerprint density at radius 2 is 1.87 bits per heavy atom. The molecule has 2 nitrogen and oxygen atoms in total. The van der Waals surface area contributed by atoms with E-state index in [-0.39, 0.29) is 10.8 Å². The standard InChI is InChI=1S/C10H6Cl2N2S/c11-7-5-3-1-2-4-6(5)9-10(8(7)12)14-15-13-9/h1-4,7-8H/t7-,8-/m0/s1. The molecule has 0 saturated heterocycles. The summed E-state index contributed by atoms with van der Waals surface area (Å²) in [7, 11) is 0. The van der Waals surface area contributed by atoms with E-state index in [1.54, 1.807) is 0 Å². The van der Waals surface area contributed by atoms with Crippen LogP contribution in [0.5, 0.6) is 0 Å². The van der Waals surface area contributed by atoms with Gasteiger partial charge in [0, 0.05) is 5.56 Å². The third-order valence-electron chi connectivity index (χ3n) is 2.55. The Kier molecular flexibility index (Phi) is 2.20. The van der Waals surface area contributed by atoms with E-state index in [4.69, 9.17) is 23.2 Å². The Morgan fingerprint density at radius 1 is 1.07 bits per heavy atom. The van der Waals surface area contributed by atoms with E-state index in [9.17, 15) is 0 Å². The molecular formula is C10H6Cl2N2S. The number of hydrogen-bond acceptors (Lipinski definition) is 3. The molecular weight excluding hydrogens is 251 g/mol. The van der Waals surface area contributed by atoms with E-state index >= 15 is 0 Å². The number of alkyl halides is 2. The van der Waals surface area contributed by atoms with E-state index in [1.165, 1.54) is 11.7 Å². The Morgan fingerprint density at radius 3 is 2.73 bits per heavy atom. The fraction of sp³-hybridized carbons (Fsp3) is 0.200. The summed E-state index contributed by atoms with van der Waals surface area (Å²) in [6.07, 6.45) is 0. The van der Waals surface area contributed by atoms with Crippen LogP contribution in [0.3, 0.4) is 0 Å². The van der Waals surface area contributed by atoms with Crippen molar-refractivity contribution in [2.75, 3.05) is 0 Å². The predicted octanol–water partition coefficient (Wildman–Crippen LogP) is 3.78. The van der Waals surface area contributed by atoms with Crippen LogP contribution in [0.2, 0.25) is 0 Å². The van der Waals surface area contributed by atoms with Crippen molar-refractivity contribution in [1.82, 2.24) is 8.75 Å². The van der Waals surface area contributed by atoms with Crippen LogP contribution < -0.4 is 0 Å². The third-order valence-corrected chi connectivity index (χ3v) is 4.16. The van der Waals surface area contributed by atoms with Crippen LogP contribution in [0.1, 0.15) is 22.0 Å². The minimum absolute atomic E-state index is 0.223. The van der Waals surface area contributed by atoms with Crippen LogP contribution in [-0.4, -0.2) is 8.75 Å². The summed E-state index contributed by atoms with van der Waals surface area (Å²) in [4.78, 5) is 0. The molecule has 1 aliphatic carbocycles. The van der Waals surface area contributed by atoms with Crippen LogP contribution in [0.4, 0.5) is 0 Å². The quantitative estimate of drug-likeness (QED) is 0.671. The number of fused-ring (bicyclic) bond motifs is 3. The number of aromatic nitrogens is 2. The molecule has 2 atom stereocenters. The van der Waals surface area contributed by atoms with Gasteiger partial charge in [-0.15, -0.1) is 23.2 Å². The summed E-state index contributed by atoms with van der Waals surface area (Å²) in [5.41, 5.74) is 3.78. The Balaban J connectivity index is 2.32. The van der Waals surface area contributed by atoms with Crippen LogP contribution in [0.15, 0.2) is 24.3 Å². The molecule has 1 aromatic heterocycles. The summed E-state index contributed by atoms with van der Waals surface area (Å²) < 4.78 is 8.47. The zero-order valence-corrected chi connectivity index (χ0v) is 9.85. The molecule has 1 aliphatic rings. The highest BCUT2D eigenvalue weighted by molar-refractivity contribution is 6.99. The van der Waals surface area contributed by atoms with Gasteiger partial charge in [0.15, 0.2) is 0 Å². The van der Waals surface area contributed by atoms with Gasteiger partial charge < -0.3 is 0 Å². The van der Waals surface area contributed by atoms with E-state index in [1.807, 2.05) is 24.3 Å². The first-order valence-corrected chi connectivity index (χ1v) is 6.09. The van der Waals surface area contributed by atoms with Gasteiger partial charge in [-0.05, 0) is 5.56 Å². The smallest absolute Gasteiger partial charge is 0.109 e. The molecule has 3 rings (SSSR count). The molecule has 0 N–H and O–H groups in total. The second-order valence-corrected chi connectivity index (χ2v) is 4.86. The summed E-state index contributed by atoms with van der Waals surface area (Å²) in [5, 5.41) is -0.505. The normalized spacial score (nSPS) is 23.3. The van der Waals surface area contributed by atoms with E-state index in [2.05, 4.69) is 8.75 Å². The van der Waals surface area contributed by atoms with Crippen molar-refractivity contribution in [1.29, 1.82) is 0 Å². The van der Waals surface area contributed by atoms with Gasteiger partial charge >= 0.3 is 0 Å². The lowest BCUT2D eigenvalue weighted by Crippen LogP contribution is -2.09. The van der Waals surface area contributed by atoms with Crippen LogP contribution in [-0.2, 0) is 0 Å². The highest BCUT2D eigenvalue weighted by atomic mass is 35.5. The molecule has 1 aromatic carbocycles. The van der Waals surface area contributed by atoms with Gasteiger partial charge in [-0.1, -0.05) is 24.3 Å². The van der Waals surface area contributed by atoms with Crippen molar-refractivity contribution >= 4 is 34.9 Å². The zero-order valence-electron chi connectivity index (χ0n) is 7.52. The van der Waals surface area contributed by atoms with Crippen molar-refractivity contribution < 1.29 is 0 Å². The second-order valence-electron chi connectivity index (χ2n) is 3.39. The summed E-state index contributed by atoms with van der Waals surface area (Å²) in [6, 6.07) is 7.93. The second kappa shape index (κ2) is 3.44. The molecule has 5 heteroatoms. The lowest BCUT2D eigenvalue weighted by molar-refractivity contribution is 0.843. The Labute approximate surface area is 101 Å². The topological polar surface area (TPSA) is 25.8 Å². The molecule has 0 amide bonds. The Bertz CT molecular complexity index is 512. The summed E-state index contributed by atoms with van der Waals surface area (Å²) in [5.74, 6) is 0. The van der Waals surface area contributed by atoms with Crippen molar-refractivity contribution in [3.8, 4) is 11.3 Å². The molecule has 2 aromatic rings. The number of nitrogens with zero attached hydrogens (tertiary/aromatic N) is 2. The average molecular weight is 257 g/mol. The molecule has 0 radical (unpaired) electrons. The largest absolute Gasteiger partial charge is 0.176 e. The minimum Gasteiger partial charge on any atom is -0.176 e. The first-order valence-electron chi connectivity index (χ1n) is 4.49. The van der Waals surface area contributed by atoms with Crippen molar-refractivity contribution in [3.63, 3.8) is 0 Å². The van der Waals surface area contributed by atoms with E-state index < -0.39 is 0 Å². The lowest BCUT2D eigenvalue weighted by atomic mass is 9.92. The molecule has 0 unspecified atom stereocenters. The van der Waals surface area contributed by atoms with Gasteiger partial charge in [0.2, 0.25) is 0 Å². The number of benzene rings is 1. The zero-order chi connectivity index (χ0) is 10.4. The highest BCUT2D eigenvalue weighted by Gasteiger charge is 2.33. The van der Waals surface area contributed by atoms with E-state index in [0.29, 0.717) is 0 Å². The van der Waals surface area contributed by atoms with Gasteiger partial charge in [0.05, 0.1) is 22.5 Å². The van der Waals surface area contributed by atoms with Crippen molar-refractivity contribution in [2.45, 2.75) is 10.8 Å². The maximum Gasteiger partial charge on any atom is 0.109 e. The van der Waals surface area contributed by atoms with Gasteiger partial charge in [0.1, 0.15) is 11.4 Å². The maximum atomic E-state index is 6.29. The van der Waals surface area contributed by atoms with Crippen LogP contribution >= 0.6 is 34.9 Å². The van der Waals surface area contributed by atoms with Gasteiger partial charge in [-0.2, -0.15) is 8.75 Å². The molecule has 0 fully saturated rings. The van der Waals surface area contributed by atoms with Gasteiger partial charge in [0.25, 0.3) is 0 Å². The summed E-state index contributed by atoms with van der Waals surface area (Å²) in [6.45, 7) is 0. The molecule has 0 saturated carbocycles. The van der Waals surface area contributed by atoms with Crippen LogP contribution in [0.25, 0.3) is 11.3 Å². The van der Waals surface area contributed by atoms with Gasteiger partial charge in [-0.3, -0.25) is 0 Å². The number of rotatable bonds is 0. The fourth-order valence-electron chi connectivity index (χ4n) is 1.81. The highest BCUT2D eigenvalue weighted by Crippen LogP contribution is 2.49. The summed E-state index contributed by atoms with van der Waals surface area (Å²) >= 11 is 13.7. The predicted molar refractivity (Wildman–Crippen MR) is 62.5 cm³/mol. The first-order chi connectivity index (χ1) is 7.29. The Hall–Kier alpha value is -0.640. The maximum absolute atomic E-state index is 6.29. The molecule has 1 heterocycles. The molecule has 0 aliphatic heterocycles. The first kappa shape index (κ1) is 9.58. The number of halogens is 2. The molecule has 0 bridgehead atoms. The van der Waals surface area contributed by atoms with E-state index in [0.717, 1.165) is 22.5 Å². The van der Waals surface area contributed by atoms with Gasteiger partial charge in [-0.25, -0.2) is 0 Å². The van der Waals surface area contributed by atoms with Crippen molar-refractivity contribution in [3.05, 3.63) is 35.5 Å². The van der Waals surface area contributed by atoms with Crippen LogP contribution in [0, 0.1) is 0 Å². The third kappa shape index (κ3) is 1.30. The monoisotopic (exact) mass is 256 g/mol. The average Bonchev–Trinajstić information content (AvgIpc) is 2.75. The minimum atomic E-state index is -0.282. The molecule has 0 spiro atoms.